The van der Waals surface area contributed by atoms with E-state index in [4.69, 9.17) is 5.26 Å². The van der Waals surface area contributed by atoms with Crippen molar-refractivity contribution in [2.24, 2.45) is 0 Å². The Morgan fingerprint density at radius 1 is 1.11 bits per heavy atom. The number of carbonyl (C=O) groups is 3. The Labute approximate surface area is 157 Å². The van der Waals surface area contributed by atoms with Crippen molar-refractivity contribution in [3.8, 4) is 6.07 Å². The van der Waals surface area contributed by atoms with Gasteiger partial charge in [-0.25, -0.2) is 0 Å². The zero-order chi connectivity index (χ0) is 19.6. The van der Waals surface area contributed by atoms with E-state index in [1.165, 1.54) is 4.90 Å². The van der Waals surface area contributed by atoms with Crippen molar-refractivity contribution in [2.75, 3.05) is 13.6 Å². The number of benzene rings is 2. The Bertz CT molecular complexity index is 975. The molecule has 0 atom stereocenters. The first-order chi connectivity index (χ1) is 12.9. The second kappa shape index (κ2) is 7.42. The highest BCUT2D eigenvalue weighted by Crippen LogP contribution is 2.24. The van der Waals surface area contributed by atoms with Gasteiger partial charge in [0.2, 0.25) is 5.91 Å². The predicted octanol–water partition coefficient (Wildman–Crippen LogP) is 2.51. The first-order valence-corrected chi connectivity index (χ1v) is 8.60. The van der Waals surface area contributed by atoms with Crippen LogP contribution in [0.25, 0.3) is 0 Å². The molecule has 0 spiro atoms. The van der Waals surface area contributed by atoms with Crippen molar-refractivity contribution in [2.45, 2.75) is 19.9 Å². The van der Waals surface area contributed by atoms with Gasteiger partial charge in [0.15, 0.2) is 0 Å². The summed E-state index contributed by atoms with van der Waals surface area (Å²) in [5, 5.41) is 8.95. The molecule has 0 aliphatic carbocycles. The maximum atomic E-state index is 12.5. The maximum Gasteiger partial charge on any atom is 0.261 e. The van der Waals surface area contributed by atoms with Crippen LogP contribution in [-0.2, 0) is 11.3 Å². The molecule has 0 saturated carbocycles. The SMILES string of the molecule is Cc1ccc2c(c1)C(=O)N(CCC(=O)N(C)Cc1cccc(C#N)c1)C2=O. The van der Waals surface area contributed by atoms with E-state index in [1.54, 1.807) is 43.4 Å². The number of rotatable bonds is 5. The van der Waals surface area contributed by atoms with Crippen LogP contribution < -0.4 is 0 Å². The Morgan fingerprint density at radius 2 is 1.85 bits per heavy atom. The minimum atomic E-state index is -0.354. The van der Waals surface area contributed by atoms with Crippen LogP contribution in [0, 0.1) is 18.3 Å². The van der Waals surface area contributed by atoms with Gasteiger partial charge in [-0.2, -0.15) is 5.26 Å². The zero-order valence-electron chi connectivity index (χ0n) is 15.2. The number of hydrogen-bond acceptors (Lipinski definition) is 4. The fourth-order valence-corrected chi connectivity index (χ4v) is 3.11. The van der Waals surface area contributed by atoms with Gasteiger partial charge < -0.3 is 4.90 Å². The summed E-state index contributed by atoms with van der Waals surface area (Å²) in [7, 11) is 1.66. The summed E-state index contributed by atoms with van der Waals surface area (Å²) in [6, 6.07) is 14.3. The molecule has 0 fully saturated rings. The molecular formula is C21H19N3O3. The molecule has 0 aromatic heterocycles. The molecule has 0 N–H and O–H groups in total. The quantitative estimate of drug-likeness (QED) is 0.766. The minimum absolute atomic E-state index is 0.0484. The maximum absolute atomic E-state index is 12.5. The molecule has 0 unspecified atom stereocenters. The largest absolute Gasteiger partial charge is 0.341 e. The topological polar surface area (TPSA) is 81.5 Å². The Balaban J connectivity index is 1.61. The number of nitriles is 1. The molecule has 0 radical (unpaired) electrons. The van der Waals surface area contributed by atoms with Gasteiger partial charge in [0.25, 0.3) is 11.8 Å². The van der Waals surface area contributed by atoms with Gasteiger partial charge in [-0.3, -0.25) is 19.3 Å². The highest BCUT2D eigenvalue weighted by Gasteiger charge is 2.35. The lowest BCUT2D eigenvalue weighted by molar-refractivity contribution is -0.130. The van der Waals surface area contributed by atoms with Gasteiger partial charge in [-0.15, -0.1) is 0 Å². The van der Waals surface area contributed by atoms with E-state index in [-0.39, 0.29) is 30.7 Å². The number of fused-ring (bicyclic) bond motifs is 1. The molecule has 2 aromatic rings. The highest BCUT2D eigenvalue weighted by atomic mass is 16.2. The van der Waals surface area contributed by atoms with E-state index in [0.717, 1.165) is 16.0 Å². The smallest absolute Gasteiger partial charge is 0.261 e. The van der Waals surface area contributed by atoms with E-state index in [0.29, 0.717) is 23.2 Å². The molecule has 1 aliphatic rings. The third-order valence-corrected chi connectivity index (χ3v) is 4.58. The Kier molecular flexibility index (Phi) is 5.04. The second-order valence-electron chi connectivity index (χ2n) is 6.62. The average molecular weight is 361 g/mol. The molecule has 136 valence electrons. The van der Waals surface area contributed by atoms with Crippen LogP contribution in [0.5, 0.6) is 0 Å². The molecule has 27 heavy (non-hydrogen) atoms. The van der Waals surface area contributed by atoms with Crippen LogP contribution >= 0.6 is 0 Å². The summed E-state index contributed by atoms with van der Waals surface area (Å²) >= 11 is 0. The fourth-order valence-electron chi connectivity index (χ4n) is 3.11. The Hall–Kier alpha value is -3.46. The summed E-state index contributed by atoms with van der Waals surface area (Å²) in [4.78, 5) is 39.9. The van der Waals surface area contributed by atoms with Crippen LogP contribution in [-0.4, -0.2) is 41.1 Å². The summed E-state index contributed by atoms with van der Waals surface area (Å²) < 4.78 is 0. The first kappa shape index (κ1) is 18.3. The minimum Gasteiger partial charge on any atom is -0.341 e. The number of aryl methyl sites for hydroxylation is 1. The Morgan fingerprint density at radius 3 is 2.59 bits per heavy atom. The van der Waals surface area contributed by atoms with Gasteiger partial charge >= 0.3 is 0 Å². The van der Waals surface area contributed by atoms with E-state index in [2.05, 4.69) is 6.07 Å². The molecule has 0 saturated heterocycles. The lowest BCUT2D eigenvalue weighted by Crippen LogP contribution is -2.35. The van der Waals surface area contributed by atoms with E-state index < -0.39 is 0 Å². The molecule has 0 bridgehead atoms. The van der Waals surface area contributed by atoms with Crippen molar-refractivity contribution in [1.29, 1.82) is 5.26 Å². The van der Waals surface area contributed by atoms with Crippen molar-refractivity contribution in [1.82, 2.24) is 9.80 Å². The lowest BCUT2D eigenvalue weighted by atomic mass is 10.1. The van der Waals surface area contributed by atoms with E-state index in [9.17, 15) is 14.4 Å². The molecule has 3 amide bonds. The summed E-state index contributed by atoms with van der Waals surface area (Å²) in [6.45, 7) is 2.27. The van der Waals surface area contributed by atoms with Gasteiger partial charge in [-0.05, 0) is 36.8 Å². The number of nitrogens with zero attached hydrogens (tertiary/aromatic N) is 3. The normalized spacial score (nSPS) is 12.7. The monoisotopic (exact) mass is 361 g/mol. The third-order valence-electron chi connectivity index (χ3n) is 4.58. The zero-order valence-corrected chi connectivity index (χ0v) is 15.2. The summed E-state index contributed by atoms with van der Waals surface area (Å²) in [5.41, 5.74) is 3.08. The van der Waals surface area contributed by atoms with Crippen molar-refractivity contribution >= 4 is 17.7 Å². The predicted molar refractivity (Wildman–Crippen MR) is 98.8 cm³/mol. The van der Waals surface area contributed by atoms with Crippen LogP contribution in [0.2, 0.25) is 0 Å². The molecule has 1 aliphatic heterocycles. The summed E-state index contributed by atoms with van der Waals surface area (Å²) in [5.74, 6) is -0.881. The molecule has 2 aromatic carbocycles. The number of amides is 3. The standard InChI is InChI=1S/C21H19N3O3/c1-14-6-7-17-18(10-14)21(27)24(20(17)26)9-8-19(25)23(2)13-16-5-3-4-15(11-16)12-22/h3-7,10-11H,8-9,13H2,1-2H3. The molecule has 3 rings (SSSR count). The molecule has 6 nitrogen and oxygen atoms in total. The van der Waals surface area contributed by atoms with E-state index in [1.807, 2.05) is 13.0 Å². The average Bonchev–Trinajstić information content (AvgIpc) is 2.89. The van der Waals surface area contributed by atoms with Gasteiger partial charge in [0.1, 0.15) is 0 Å². The second-order valence-corrected chi connectivity index (χ2v) is 6.62. The van der Waals surface area contributed by atoms with Crippen molar-refractivity contribution in [3.63, 3.8) is 0 Å². The van der Waals surface area contributed by atoms with Crippen molar-refractivity contribution in [3.05, 3.63) is 70.3 Å². The van der Waals surface area contributed by atoms with Crippen LogP contribution in [0.1, 0.15) is 43.8 Å². The lowest BCUT2D eigenvalue weighted by Gasteiger charge is -2.19. The van der Waals surface area contributed by atoms with Gasteiger partial charge in [-0.1, -0.05) is 23.8 Å². The molecule has 1 heterocycles. The third kappa shape index (κ3) is 3.72. The van der Waals surface area contributed by atoms with Gasteiger partial charge in [0, 0.05) is 26.6 Å². The van der Waals surface area contributed by atoms with Crippen molar-refractivity contribution < 1.29 is 14.4 Å². The number of imide groups is 1. The van der Waals surface area contributed by atoms with Crippen LogP contribution in [0.4, 0.5) is 0 Å². The molecule has 6 heteroatoms. The highest BCUT2D eigenvalue weighted by molar-refractivity contribution is 6.21. The molecular weight excluding hydrogens is 342 g/mol. The van der Waals surface area contributed by atoms with Gasteiger partial charge in [0.05, 0.1) is 22.8 Å². The summed E-state index contributed by atoms with van der Waals surface area (Å²) in [6.07, 6.45) is 0.0545. The van der Waals surface area contributed by atoms with E-state index >= 15 is 0 Å². The van der Waals surface area contributed by atoms with Crippen LogP contribution in [0.3, 0.4) is 0 Å². The fraction of sp³-hybridized carbons (Fsp3) is 0.238. The number of hydrogen-bond donors (Lipinski definition) is 0. The van der Waals surface area contributed by atoms with Crippen LogP contribution in [0.15, 0.2) is 42.5 Å². The first-order valence-electron chi connectivity index (χ1n) is 8.60. The number of carbonyl (C=O) groups excluding carboxylic acids is 3.